The Balaban J connectivity index is 3.76. The summed E-state index contributed by atoms with van der Waals surface area (Å²) in [5.41, 5.74) is 0. The van der Waals surface area contributed by atoms with E-state index in [0.29, 0.717) is 6.42 Å². The van der Waals surface area contributed by atoms with Gasteiger partial charge in [0.2, 0.25) is 0 Å². The molecule has 0 aliphatic heterocycles. The summed E-state index contributed by atoms with van der Waals surface area (Å²) in [6.45, 7) is 8.49. The lowest BCUT2D eigenvalue weighted by Gasteiger charge is -2.18. The van der Waals surface area contributed by atoms with E-state index in [9.17, 15) is 14.2 Å². The summed E-state index contributed by atoms with van der Waals surface area (Å²) >= 11 is 0. The summed E-state index contributed by atoms with van der Waals surface area (Å²) in [6.07, 6.45) is 46.9. The van der Waals surface area contributed by atoms with Crippen molar-refractivity contribution in [2.24, 2.45) is 11.8 Å². The van der Waals surface area contributed by atoms with Gasteiger partial charge in [-0.05, 0) is 24.7 Å². The quantitative estimate of drug-likeness (QED) is 0.0353. The zero-order chi connectivity index (χ0) is 43.5. The van der Waals surface area contributed by atoms with Gasteiger partial charge in [-0.2, -0.15) is 0 Å². The zero-order valence-electron chi connectivity index (χ0n) is 39.5. The first-order valence-corrected chi connectivity index (χ1v) is 27.1. The molecule has 9 heteroatoms. The van der Waals surface area contributed by atoms with Gasteiger partial charge in [-0.15, -0.1) is 0 Å². The standard InChI is InChI=1S/C50H99O8P/c1-5-47(4)41-37-33-29-25-21-17-13-8-6-7-9-14-18-22-26-30-34-38-42-49(51)56-44-48(45-57-59(53,54)55)58-50(52)43-39-35-31-27-23-19-15-11-10-12-16-20-24-28-32-36-40-46(2)3/h46-48H,5-45H2,1-4H3,(H2,53,54,55)/t47?,48-/m1/s1. The Labute approximate surface area is 365 Å². The summed E-state index contributed by atoms with van der Waals surface area (Å²) in [6, 6.07) is 0. The van der Waals surface area contributed by atoms with Crippen LogP contribution in [-0.2, 0) is 28.2 Å². The maximum absolute atomic E-state index is 12.5. The van der Waals surface area contributed by atoms with Gasteiger partial charge in [-0.25, -0.2) is 4.57 Å². The molecule has 8 nitrogen and oxygen atoms in total. The highest BCUT2D eigenvalue weighted by Crippen LogP contribution is 2.36. The molecule has 0 aromatic rings. The Morgan fingerprint density at radius 1 is 0.441 bits per heavy atom. The van der Waals surface area contributed by atoms with Crippen LogP contribution in [0.4, 0.5) is 0 Å². The number of esters is 2. The highest BCUT2D eigenvalue weighted by atomic mass is 31.2. The Morgan fingerprint density at radius 3 is 1.07 bits per heavy atom. The fraction of sp³-hybridized carbons (Fsp3) is 0.960. The van der Waals surface area contributed by atoms with Crippen molar-refractivity contribution in [3.05, 3.63) is 0 Å². The van der Waals surface area contributed by atoms with E-state index in [1.54, 1.807) is 0 Å². The Bertz CT molecular complexity index is 953. The minimum Gasteiger partial charge on any atom is -0.462 e. The van der Waals surface area contributed by atoms with Gasteiger partial charge in [-0.3, -0.25) is 14.1 Å². The summed E-state index contributed by atoms with van der Waals surface area (Å²) in [4.78, 5) is 43.1. The topological polar surface area (TPSA) is 119 Å². The van der Waals surface area contributed by atoms with Gasteiger partial charge in [-0.1, -0.05) is 252 Å². The SMILES string of the molecule is CCC(C)CCCCCCCCCCCCCCCCCCCCC(=O)OC[C@H](COP(=O)(O)O)OC(=O)CCCCCCCCCCCCCCCCCCC(C)C. The zero-order valence-corrected chi connectivity index (χ0v) is 40.4. The van der Waals surface area contributed by atoms with Crippen LogP contribution >= 0.6 is 7.82 Å². The third-order valence-corrected chi connectivity index (χ3v) is 12.6. The van der Waals surface area contributed by atoms with Crippen LogP contribution in [0.15, 0.2) is 0 Å². The van der Waals surface area contributed by atoms with Gasteiger partial charge in [0.05, 0.1) is 6.61 Å². The molecule has 0 heterocycles. The van der Waals surface area contributed by atoms with Crippen molar-refractivity contribution >= 4 is 19.8 Å². The van der Waals surface area contributed by atoms with E-state index in [1.807, 2.05) is 0 Å². The lowest BCUT2D eigenvalue weighted by atomic mass is 9.99. The Morgan fingerprint density at radius 2 is 0.746 bits per heavy atom. The van der Waals surface area contributed by atoms with Crippen molar-refractivity contribution in [2.45, 2.75) is 284 Å². The molecular weight excluding hydrogens is 760 g/mol. The highest BCUT2D eigenvalue weighted by Gasteiger charge is 2.23. The van der Waals surface area contributed by atoms with Crippen LogP contribution < -0.4 is 0 Å². The number of hydrogen-bond acceptors (Lipinski definition) is 6. The first kappa shape index (κ1) is 58.0. The molecule has 352 valence electrons. The second kappa shape index (κ2) is 43.7. The first-order chi connectivity index (χ1) is 28.5. The van der Waals surface area contributed by atoms with Crippen LogP contribution in [0.1, 0.15) is 278 Å². The summed E-state index contributed by atoms with van der Waals surface area (Å²) in [5, 5.41) is 0. The van der Waals surface area contributed by atoms with Crippen molar-refractivity contribution in [1.29, 1.82) is 0 Å². The fourth-order valence-corrected chi connectivity index (χ4v) is 8.25. The smallest absolute Gasteiger partial charge is 0.462 e. The van der Waals surface area contributed by atoms with Crippen molar-refractivity contribution < 1.29 is 37.9 Å². The van der Waals surface area contributed by atoms with Gasteiger partial charge in [0.15, 0.2) is 6.10 Å². The van der Waals surface area contributed by atoms with Gasteiger partial charge in [0, 0.05) is 12.8 Å². The third kappa shape index (κ3) is 47.9. The number of carbonyl (C=O) groups is 2. The molecule has 0 amide bonds. The average molecular weight is 859 g/mol. The number of phosphoric ester groups is 1. The monoisotopic (exact) mass is 859 g/mol. The molecule has 1 unspecified atom stereocenters. The summed E-state index contributed by atoms with van der Waals surface area (Å²) in [7, 11) is -4.75. The van der Waals surface area contributed by atoms with Crippen molar-refractivity contribution in [3.63, 3.8) is 0 Å². The van der Waals surface area contributed by atoms with Crippen LogP contribution in [-0.4, -0.2) is 41.0 Å². The van der Waals surface area contributed by atoms with E-state index in [4.69, 9.17) is 19.3 Å². The minimum absolute atomic E-state index is 0.220. The molecule has 0 aliphatic rings. The molecule has 0 bridgehead atoms. The number of phosphoric acid groups is 1. The van der Waals surface area contributed by atoms with Crippen molar-refractivity contribution in [2.75, 3.05) is 13.2 Å². The minimum atomic E-state index is -4.75. The van der Waals surface area contributed by atoms with Gasteiger partial charge < -0.3 is 19.3 Å². The van der Waals surface area contributed by atoms with Gasteiger partial charge >= 0.3 is 19.8 Å². The van der Waals surface area contributed by atoms with E-state index in [1.165, 1.54) is 199 Å². The van der Waals surface area contributed by atoms with Gasteiger partial charge in [0.25, 0.3) is 0 Å². The fourth-order valence-electron chi connectivity index (χ4n) is 7.89. The molecule has 0 radical (unpaired) electrons. The van der Waals surface area contributed by atoms with E-state index in [0.717, 1.165) is 43.9 Å². The molecular formula is C50H99O8P. The number of ether oxygens (including phenoxy) is 2. The highest BCUT2D eigenvalue weighted by molar-refractivity contribution is 7.46. The van der Waals surface area contributed by atoms with Crippen LogP contribution in [0.3, 0.4) is 0 Å². The predicted molar refractivity (Wildman–Crippen MR) is 249 cm³/mol. The maximum Gasteiger partial charge on any atom is 0.469 e. The molecule has 2 atom stereocenters. The largest absolute Gasteiger partial charge is 0.469 e. The Kier molecular flexibility index (Phi) is 43.0. The summed E-state index contributed by atoms with van der Waals surface area (Å²) in [5.74, 6) is 0.879. The lowest BCUT2D eigenvalue weighted by molar-refractivity contribution is -0.161. The molecule has 0 aromatic carbocycles. The second-order valence-corrected chi connectivity index (χ2v) is 19.8. The van der Waals surface area contributed by atoms with Crippen LogP contribution in [0, 0.1) is 11.8 Å². The average Bonchev–Trinajstić information content (AvgIpc) is 3.20. The third-order valence-electron chi connectivity index (χ3n) is 12.1. The number of carbonyl (C=O) groups excluding carboxylic acids is 2. The molecule has 0 aliphatic carbocycles. The lowest BCUT2D eigenvalue weighted by Crippen LogP contribution is -2.29. The van der Waals surface area contributed by atoms with E-state index in [2.05, 4.69) is 32.2 Å². The van der Waals surface area contributed by atoms with Crippen LogP contribution in [0.2, 0.25) is 0 Å². The van der Waals surface area contributed by atoms with Crippen LogP contribution in [0.25, 0.3) is 0 Å². The number of hydrogen-bond donors (Lipinski definition) is 2. The number of unbranched alkanes of at least 4 members (excludes halogenated alkanes) is 32. The second-order valence-electron chi connectivity index (χ2n) is 18.6. The predicted octanol–water partition coefficient (Wildman–Crippen LogP) is 16.1. The molecule has 0 saturated carbocycles. The van der Waals surface area contributed by atoms with E-state index in [-0.39, 0.29) is 19.4 Å². The molecule has 0 saturated heterocycles. The summed E-state index contributed by atoms with van der Waals surface area (Å²) < 4.78 is 26.6. The maximum atomic E-state index is 12.5. The normalized spacial score (nSPS) is 12.9. The van der Waals surface area contributed by atoms with Crippen LogP contribution in [0.5, 0.6) is 0 Å². The molecule has 0 rings (SSSR count). The van der Waals surface area contributed by atoms with Gasteiger partial charge in [0.1, 0.15) is 6.61 Å². The van der Waals surface area contributed by atoms with Crippen molar-refractivity contribution in [1.82, 2.24) is 0 Å². The molecule has 0 spiro atoms. The molecule has 59 heavy (non-hydrogen) atoms. The number of rotatable bonds is 47. The van der Waals surface area contributed by atoms with Crippen molar-refractivity contribution in [3.8, 4) is 0 Å². The molecule has 2 N–H and O–H groups in total. The first-order valence-electron chi connectivity index (χ1n) is 25.6. The van der Waals surface area contributed by atoms with E-state index < -0.39 is 32.5 Å². The Hall–Kier alpha value is -0.950. The van der Waals surface area contributed by atoms with E-state index >= 15 is 0 Å². The molecule has 0 fully saturated rings. The molecule has 0 aromatic heterocycles.